The highest BCUT2D eigenvalue weighted by Gasteiger charge is 2.07. The summed E-state index contributed by atoms with van der Waals surface area (Å²) in [5.74, 6) is 0. The Morgan fingerprint density at radius 1 is 1.25 bits per heavy atom. The summed E-state index contributed by atoms with van der Waals surface area (Å²) in [7, 11) is 1.71. The van der Waals surface area contributed by atoms with Gasteiger partial charge in [0.15, 0.2) is 0 Å². The van der Waals surface area contributed by atoms with Gasteiger partial charge in [-0.2, -0.15) is 5.10 Å². The maximum Gasteiger partial charge on any atom is 0.0951 e. The average Bonchev–Trinajstić information content (AvgIpc) is 3.07. The van der Waals surface area contributed by atoms with Crippen molar-refractivity contribution in [3.05, 3.63) is 24.9 Å². The van der Waals surface area contributed by atoms with Crippen LogP contribution in [0.3, 0.4) is 0 Å². The van der Waals surface area contributed by atoms with E-state index in [4.69, 9.17) is 4.74 Å². The molecule has 0 unspecified atom stereocenters. The van der Waals surface area contributed by atoms with Gasteiger partial charge >= 0.3 is 0 Å². The van der Waals surface area contributed by atoms with E-state index in [1.165, 1.54) is 0 Å². The molecule has 6 nitrogen and oxygen atoms in total. The first-order chi connectivity index (χ1) is 9.85. The van der Waals surface area contributed by atoms with Gasteiger partial charge in [-0.1, -0.05) is 6.92 Å². The standard InChI is InChI=1S/C14H23N5O/c1-3-6-19-11-13(9-17-19)14-10-16-12-18(14)7-4-15-5-8-20-2/h9-12,15H,3-8H2,1-2H3. The SMILES string of the molecule is CCCn1cc(-c2cncn2CCNCCOC)cn1. The average molecular weight is 277 g/mol. The van der Waals surface area contributed by atoms with E-state index < -0.39 is 0 Å². The Bertz CT molecular complexity index is 505. The minimum absolute atomic E-state index is 0.737. The smallest absolute Gasteiger partial charge is 0.0951 e. The Labute approximate surface area is 119 Å². The summed E-state index contributed by atoms with van der Waals surface area (Å²) in [5.41, 5.74) is 2.23. The minimum Gasteiger partial charge on any atom is -0.383 e. The number of rotatable bonds is 9. The molecular weight excluding hydrogens is 254 g/mol. The van der Waals surface area contributed by atoms with Gasteiger partial charge in [-0.15, -0.1) is 0 Å². The number of methoxy groups -OCH3 is 1. The summed E-state index contributed by atoms with van der Waals surface area (Å²) in [5, 5.41) is 7.70. The zero-order chi connectivity index (χ0) is 14.2. The Kier molecular flexibility index (Phi) is 5.76. The molecule has 1 N–H and O–H groups in total. The second kappa shape index (κ2) is 7.81. The zero-order valence-corrected chi connectivity index (χ0v) is 12.2. The number of aryl methyl sites for hydroxylation is 1. The molecule has 0 atom stereocenters. The van der Waals surface area contributed by atoms with Crippen LogP contribution in [0.4, 0.5) is 0 Å². The Morgan fingerprint density at radius 2 is 2.15 bits per heavy atom. The summed E-state index contributed by atoms with van der Waals surface area (Å²) in [6, 6.07) is 0. The molecule has 2 rings (SSSR count). The van der Waals surface area contributed by atoms with Crippen LogP contribution in [0.25, 0.3) is 11.3 Å². The topological polar surface area (TPSA) is 56.9 Å². The summed E-state index contributed by atoms with van der Waals surface area (Å²) in [4.78, 5) is 4.24. The quantitative estimate of drug-likeness (QED) is 0.704. The lowest BCUT2D eigenvalue weighted by atomic mass is 10.3. The summed E-state index contributed by atoms with van der Waals surface area (Å²) in [6.45, 7) is 6.49. The van der Waals surface area contributed by atoms with E-state index in [0.717, 1.165) is 50.5 Å². The molecule has 2 heterocycles. The molecule has 0 aliphatic rings. The predicted octanol–water partition coefficient (Wildman–Crippen LogP) is 1.39. The minimum atomic E-state index is 0.737. The molecule has 110 valence electrons. The molecule has 2 aromatic rings. The second-order valence-electron chi connectivity index (χ2n) is 4.71. The fourth-order valence-electron chi connectivity index (χ4n) is 2.09. The van der Waals surface area contributed by atoms with Gasteiger partial charge in [0.05, 0.1) is 31.0 Å². The molecule has 0 bridgehead atoms. The molecule has 0 aliphatic heterocycles. The molecule has 2 aromatic heterocycles. The van der Waals surface area contributed by atoms with Crippen molar-refractivity contribution in [2.75, 3.05) is 26.8 Å². The number of imidazole rings is 1. The predicted molar refractivity (Wildman–Crippen MR) is 78.5 cm³/mol. The second-order valence-corrected chi connectivity index (χ2v) is 4.71. The number of nitrogens with one attached hydrogen (secondary N) is 1. The van der Waals surface area contributed by atoms with E-state index in [2.05, 4.69) is 33.1 Å². The molecule has 0 spiro atoms. The lowest BCUT2D eigenvalue weighted by Crippen LogP contribution is -2.23. The molecule has 20 heavy (non-hydrogen) atoms. The van der Waals surface area contributed by atoms with Crippen LogP contribution in [-0.4, -0.2) is 46.1 Å². The molecule has 0 fully saturated rings. The number of aromatic nitrogens is 4. The number of nitrogens with zero attached hydrogens (tertiary/aromatic N) is 4. The van der Waals surface area contributed by atoms with Crippen LogP contribution in [0.1, 0.15) is 13.3 Å². The maximum atomic E-state index is 5.01. The Morgan fingerprint density at radius 3 is 2.95 bits per heavy atom. The van der Waals surface area contributed by atoms with E-state index in [9.17, 15) is 0 Å². The maximum absolute atomic E-state index is 5.01. The van der Waals surface area contributed by atoms with Crippen molar-refractivity contribution in [2.24, 2.45) is 0 Å². The van der Waals surface area contributed by atoms with Crippen LogP contribution < -0.4 is 5.32 Å². The van der Waals surface area contributed by atoms with Crippen LogP contribution in [0.5, 0.6) is 0 Å². The van der Waals surface area contributed by atoms with Crippen LogP contribution >= 0.6 is 0 Å². The first-order valence-corrected chi connectivity index (χ1v) is 7.07. The highest BCUT2D eigenvalue weighted by Crippen LogP contribution is 2.17. The number of hydrogen-bond donors (Lipinski definition) is 1. The molecule has 0 aromatic carbocycles. The first-order valence-electron chi connectivity index (χ1n) is 7.07. The largest absolute Gasteiger partial charge is 0.383 e. The highest BCUT2D eigenvalue weighted by atomic mass is 16.5. The first kappa shape index (κ1) is 14.7. The van der Waals surface area contributed by atoms with E-state index in [-0.39, 0.29) is 0 Å². The lowest BCUT2D eigenvalue weighted by Gasteiger charge is -2.08. The van der Waals surface area contributed by atoms with Crippen molar-refractivity contribution < 1.29 is 4.74 Å². The summed E-state index contributed by atoms with van der Waals surface area (Å²) in [6.07, 6.45) is 8.83. The van der Waals surface area contributed by atoms with Gasteiger partial charge in [0.25, 0.3) is 0 Å². The molecule has 6 heteroatoms. The van der Waals surface area contributed by atoms with Crippen LogP contribution in [-0.2, 0) is 17.8 Å². The number of ether oxygens (including phenoxy) is 1. The van der Waals surface area contributed by atoms with E-state index in [1.54, 1.807) is 7.11 Å². The normalized spacial score (nSPS) is 11.1. The van der Waals surface area contributed by atoms with E-state index in [0.29, 0.717) is 0 Å². The number of hydrogen-bond acceptors (Lipinski definition) is 4. The van der Waals surface area contributed by atoms with Gasteiger partial charge in [-0.05, 0) is 6.42 Å². The van der Waals surface area contributed by atoms with Crippen molar-refractivity contribution in [1.29, 1.82) is 0 Å². The van der Waals surface area contributed by atoms with Crippen molar-refractivity contribution >= 4 is 0 Å². The van der Waals surface area contributed by atoms with Gasteiger partial charge in [-0.3, -0.25) is 4.68 Å². The zero-order valence-electron chi connectivity index (χ0n) is 12.2. The molecule has 0 amide bonds. The van der Waals surface area contributed by atoms with Crippen molar-refractivity contribution in [3.8, 4) is 11.3 Å². The van der Waals surface area contributed by atoms with Gasteiger partial charge in [0, 0.05) is 45.0 Å². The highest BCUT2D eigenvalue weighted by molar-refractivity contribution is 5.56. The van der Waals surface area contributed by atoms with Crippen LogP contribution in [0.2, 0.25) is 0 Å². The third-order valence-corrected chi connectivity index (χ3v) is 3.11. The fraction of sp³-hybridized carbons (Fsp3) is 0.571. The monoisotopic (exact) mass is 277 g/mol. The van der Waals surface area contributed by atoms with Crippen molar-refractivity contribution in [2.45, 2.75) is 26.4 Å². The molecular formula is C14H23N5O. The molecule has 0 aliphatic carbocycles. The van der Waals surface area contributed by atoms with Crippen molar-refractivity contribution in [1.82, 2.24) is 24.6 Å². The van der Waals surface area contributed by atoms with Crippen LogP contribution in [0.15, 0.2) is 24.9 Å². The third-order valence-electron chi connectivity index (χ3n) is 3.11. The van der Waals surface area contributed by atoms with Gasteiger partial charge in [0.2, 0.25) is 0 Å². The van der Waals surface area contributed by atoms with Gasteiger partial charge in [0.1, 0.15) is 0 Å². The fourth-order valence-corrected chi connectivity index (χ4v) is 2.09. The Balaban J connectivity index is 1.93. The molecule has 0 saturated carbocycles. The molecule has 0 saturated heterocycles. The van der Waals surface area contributed by atoms with Gasteiger partial charge in [-0.25, -0.2) is 4.98 Å². The van der Waals surface area contributed by atoms with E-state index >= 15 is 0 Å². The third kappa shape index (κ3) is 3.91. The van der Waals surface area contributed by atoms with E-state index in [1.807, 2.05) is 23.4 Å². The molecule has 0 radical (unpaired) electrons. The summed E-state index contributed by atoms with van der Waals surface area (Å²) < 4.78 is 9.13. The van der Waals surface area contributed by atoms with Crippen LogP contribution in [0, 0.1) is 0 Å². The summed E-state index contributed by atoms with van der Waals surface area (Å²) >= 11 is 0. The Hall–Kier alpha value is -1.66. The lowest BCUT2D eigenvalue weighted by molar-refractivity contribution is 0.199. The van der Waals surface area contributed by atoms with Crippen molar-refractivity contribution in [3.63, 3.8) is 0 Å². The van der Waals surface area contributed by atoms with Gasteiger partial charge < -0.3 is 14.6 Å².